The number of hydrogen-bond acceptors (Lipinski definition) is 7. The summed E-state index contributed by atoms with van der Waals surface area (Å²) in [5.41, 5.74) is 1.91. The fraction of sp³-hybridized carbons (Fsp3) is 0.278. The van der Waals surface area contributed by atoms with Gasteiger partial charge in [-0.15, -0.1) is 6.58 Å². The molecular weight excluding hydrogens is 586 g/mol. The average Bonchev–Trinajstić information content (AvgIpc) is 3.08. The van der Waals surface area contributed by atoms with Crippen LogP contribution in [0.4, 0.5) is 0 Å². The first-order valence-electron chi connectivity index (χ1n) is 14.9. The smallest absolute Gasteiger partial charge is 0.255 e. The lowest BCUT2D eigenvalue weighted by molar-refractivity contribution is -0.132. The lowest BCUT2D eigenvalue weighted by Crippen LogP contribution is -2.51. The summed E-state index contributed by atoms with van der Waals surface area (Å²) in [6.45, 7) is 8.22. The van der Waals surface area contributed by atoms with Crippen LogP contribution in [-0.4, -0.2) is 68.4 Å². The quantitative estimate of drug-likeness (QED) is 0.150. The van der Waals surface area contributed by atoms with Gasteiger partial charge in [-0.25, -0.2) is 0 Å². The maximum atomic E-state index is 13.5. The van der Waals surface area contributed by atoms with Crippen molar-refractivity contribution in [1.29, 1.82) is 0 Å². The van der Waals surface area contributed by atoms with Gasteiger partial charge in [0, 0.05) is 32.0 Å². The van der Waals surface area contributed by atoms with Crippen LogP contribution in [0, 0.1) is 0 Å². The molecule has 0 radical (unpaired) electrons. The summed E-state index contributed by atoms with van der Waals surface area (Å²) in [6.07, 6.45) is 4.03. The van der Waals surface area contributed by atoms with Crippen LogP contribution >= 0.6 is 0 Å². The highest BCUT2D eigenvalue weighted by molar-refractivity contribution is 6.00. The summed E-state index contributed by atoms with van der Waals surface area (Å²) < 4.78 is 16.1. The van der Waals surface area contributed by atoms with Gasteiger partial charge >= 0.3 is 0 Å². The predicted molar refractivity (Wildman–Crippen MR) is 176 cm³/mol. The van der Waals surface area contributed by atoms with Gasteiger partial charge in [-0.05, 0) is 41.8 Å². The molecule has 10 nitrogen and oxygen atoms in total. The number of aldehydes is 1. The highest BCUT2D eigenvalue weighted by atomic mass is 16.5. The lowest BCUT2D eigenvalue weighted by Gasteiger charge is -2.24. The third-order valence-electron chi connectivity index (χ3n) is 7.09. The molecule has 3 aromatic rings. The SMILES string of the molecule is C=CCOc1cc(OC)ccc1C(=O)NC(Cc1ccccc1)C(=O)NC(C=O)CCC(=O)N(CC=C)Cc1ccc(OC)cc1. The first kappa shape index (κ1) is 35.1. The zero-order chi connectivity index (χ0) is 33.3. The molecule has 0 saturated heterocycles. The molecule has 2 unspecified atom stereocenters. The predicted octanol–water partition coefficient (Wildman–Crippen LogP) is 4.29. The molecule has 0 aliphatic carbocycles. The van der Waals surface area contributed by atoms with Gasteiger partial charge in [0.25, 0.3) is 5.91 Å². The van der Waals surface area contributed by atoms with Crippen molar-refractivity contribution in [2.75, 3.05) is 27.4 Å². The maximum Gasteiger partial charge on any atom is 0.255 e. The van der Waals surface area contributed by atoms with Crippen molar-refractivity contribution in [3.63, 3.8) is 0 Å². The number of hydrogen-bond donors (Lipinski definition) is 2. The number of rotatable bonds is 19. The Morgan fingerprint density at radius 1 is 0.870 bits per heavy atom. The number of ether oxygens (including phenoxy) is 3. The lowest BCUT2D eigenvalue weighted by atomic mass is 10.0. The fourth-order valence-electron chi connectivity index (χ4n) is 4.64. The van der Waals surface area contributed by atoms with Crippen molar-refractivity contribution in [3.8, 4) is 17.2 Å². The van der Waals surface area contributed by atoms with Gasteiger partial charge < -0.3 is 34.5 Å². The van der Waals surface area contributed by atoms with Gasteiger partial charge in [-0.3, -0.25) is 14.4 Å². The second kappa shape index (κ2) is 18.4. The van der Waals surface area contributed by atoms with Gasteiger partial charge in [-0.2, -0.15) is 0 Å². The number of amides is 3. The Hall–Kier alpha value is -5.38. The van der Waals surface area contributed by atoms with Gasteiger partial charge in [-0.1, -0.05) is 61.2 Å². The van der Waals surface area contributed by atoms with Crippen LogP contribution in [0.25, 0.3) is 0 Å². The number of benzene rings is 3. The molecule has 0 heterocycles. The molecule has 0 aliphatic heterocycles. The van der Waals surface area contributed by atoms with Crippen LogP contribution in [0.1, 0.15) is 34.3 Å². The first-order valence-corrected chi connectivity index (χ1v) is 14.9. The zero-order valence-corrected chi connectivity index (χ0v) is 26.3. The van der Waals surface area contributed by atoms with Gasteiger partial charge in [0.15, 0.2) is 0 Å². The number of nitrogens with zero attached hydrogens (tertiary/aromatic N) is 1. The van der Waals surface area contributed by atoms with E-state index in [0.29, 0.717) is 30.9 Å². The average molecular weight is 628 g/mol. The van der Waals surface area contributed by atoms with Crippen molar-refractivity contribution in [3.05, 3.63) is 115 Å². The van der Waals surface area contributed by atoms with E-state index in [1.165, 1.54) is 7.11 Å². The van der Waals surface area contributed by atoms with Crippen molar-refractivity contribution in [2.24, 2.45) is 0 Å². The molecule has 0 aliphatic rings. The first-order chi connectivity index (χ1) is 22.3. The minimum absolute atomic E-state index is 0.0131. The Morgan fingerprint density at radius 2 is 1.57 bits per heavy atom. The minimum atomic E-state index is -1.03. The monoisotopic (exact) mass is 627 g/mol. The minimum Gasteiger partial charge on any atom is -0.497 e. The van der Waals surface area contributed by atoms with Crippen LogP contribution in [0.15, 0.2) is 98.1 Å². The van der Waals surface area contributed by atoms with E-state index in [0.717, 1.165) is 11.1 Å². The number of nitrogens with one attached hydrogen (secondary N) is 2. The molecule has 3 aromatic carbocycles. The van der Waals surface area contributed by atoms with Crippen LogP contribution in [0.5, 0.6) is 17.2 Å². The van der Waals surface area contributed by atoms with Crippen LogP contribution in [0.3, 0.4) is 0 Å². The zero-order valence-electron chi connectivity index (χ0n) is 26.3. The summed E-state index contributed by atoms with van der Waals surface area (Å²) in [4.78, 5) is 53.8. The molecule has 0 fully saturated rings. The van der Waals surface area contributed by atoms with Crippen molar-refractivity contribution in [1.82, 2.24) is 15.5 Å². The van der Waals surface area contributed by atoms with Crippen LogP contribution < -0.4 is 24.8 Å². The van der Waals surface area contributed by atoms with Gasteiger partial charge in [0.05, 0.1) is 25.8 Å². The van der Waals surface area contributed by atoms with Gasteiger partial charge in [0.1, 0.15) is 36.2 Å². The number of methoxy groups -OCH3 is 2. The Kier molecular flexibility index (Phi) is 14.1. The summed E-state index contributed by atoms with van der Waals surface area (Å²) in [5, 5.41) is 5.50. The van der Waals surface area contributed by atoms with E-state index in [1.54, 1.807) is 42.4 Å². The third kappa shape index (κ3) is 10.7. The number of carbonyl (C=O) groups excluding carboxylic acids is 4. The molecule has 0 bridgehead atoms. The van der Waals surface area contributed by atoms with Crippen molar-refractivity contribution >= 4 is 24.0 Å². The summed E-state index contributed by atoms with van der Waals surface area (Å²) in [6, 6.07) is 19.3. The van der Waals surface area contributed by atoms with Gasteiger partial charge in [0.2, 0.25) is 11.8 Å². The van der Waals surface area contributed by atoms with E-state index in [1.807, 2.05) is 54.6 Å². The molecule has 0 aromatic heterocycles. The standard InChI is InChI=1S/C36H41N3O7/c1-5-20-39(24-27-12-15-29(44-3)16-13-27)34(41)19-14-28(25-40)37-36(43)32(22-26-10-8-7-9-11-26)38-35(42)31-18-17-30(45-4)23-33(31)46-21-6-2/h5-13,15-18,23,25,28,32H,1-2,14,19-22,24H2,3-4H3,(H,37,43)(H,38,42). The largest absolute Gasteiger partial charge is 0.497 e. The van der Waals surface area contributed by atoms with E-state index < -0.39 is 23.9 Å². The van der Waals surface area contributed by atoms with E-state index in [4.69, 9.17) is 14.2 Å². The molecule has 242 valence electrons. The van der Waals surface area contributed by atoms with E-state index in [2.05, 4.69) is 23.8 Å². The summed E-state index contributed by atoms with van der Waals surface area (Å²) >= 11 is 0. The van der Waals surface area contributed by atoms with Crippen LogP contribution in [-0.2, 0) is 27.3 Å². The van der Waals surface area contributed by atoms with Crippen molar-refractivity contribution < 1.29 is 33.4 Å². The summed E-state index contributed by atoms with van der Waals surface area (Å²) in [7, 11) is 3.08. The third-order valence-corrected chi connectivity index (χ3v) is 7.09. The second-order valence-electron chi connectivity index (χ2n) is 10.4. The Bertz CT molecular complexity index is 1470. The number of carbonyl (C=O) groups is 4. The van der Waals surface area contributed by atoms with E-state index in [9.17, 15) is 19.2 Å². The highest BCUT2D eigenvalue weighted by Gasteiger charge is 2.26. The topological polar surface area (TPSA) is 123 Å². The van der Waals surface area contributed by atoms with E-state index >= 15 is 0 Å². The molecule has 2 N–H and O–H groups in total. The fourth-order valence-corrected chi connectivity index (χ4v) is 4.64. The normalized spacial score (nSPS) is 11.7. The second-order valence-corrected chi connectivity index (χ2v) is 10.4. The molecule has 2 atom stereocenters. The summed E-state index contributed by atoms with van der Waals surface area (Å²) in [5.74, 6) is 0.158. The van der Waals surface area contributed by atoms with E-state index in [-0.39, 0.29) is 43.1 Å². The molecule has 3 rings (SSSR count). The Balaban J connectivity index is 1.72. The Labute approximate surface area is 270 Å². The molecular formula is C36H41N3O7. The molecule has 10 heteroatoms. The van der Waals surface area contributed by atoms with Crippen molar-refractivity contribution in [2.45, 2.75) is 37.9 Å². The Morgan fingerprint density at radius 3 is 2.20 bits per heavy atom. The maximum absolute atomic E-state index is 13.5. The molecule has 0 saturated carbocycles. The molecule has 3 amide bonds. The molecule has 46 heavy (non-hydrogen) atoms. The molecule has 0 spiro atoms. The highest BCUT2D eigenvalue weighted by Crippen LogP contribution is 2.25. The van der Waals surface area contributed by atoms with Crippen LogP contribution in [0.2, 0.25) is 0 Å².